The number of carbonyl (C=O) groups is 1. The molecule has 5 heteroatoms. The van der Waals surface area contributed by atoms with E-state index in [0.29, 0.717) is 24.2 Å². The Morgan fingerprint density at radius 2 is 2.22 bits per heavy atom. The third-order valence-electron chi connectivity index (χ3n) is 3.43. The minimum absolute atomic E-state index is 0.175. The maximum atomic E-state index is 11.5. The van der Waals surface area contributed by atoms with Crippen LogP contribution in [0.3, 0.4) is 0 Å². The molecule has 0 aliphatic heterocycles. The van der Waals surface area contributed by atoms with Crippen molar-refractivity contribution < 1.29 is 4.79 Å². The zero-order valence-corrected chi connectivity index (χ0v) is 10.9. The van der Waals surface area contributed by atoms with E-state index in [9.17, 15) is 4.79 Å². The van der Waals surface area contributed by atoms with Crippen LogP contribution in [0.1, 0.15) is 43.6 Å². The lowest BCUT2D eigenvalue weighted by Crippen LogP contribution is -2.25. The van der Waals surface area contributed by atoms with Crippen molar-refractivity contribution in [3.63, 3.8) is 0 Å². The quantitative estimate of drug-likeness (QED) is 0.853. The number of hydrogen-bond donors (Lipinski definition) is 2. The second-order valence-corrected chi connectivity index (χ2v) is 4.82. The molecule has 1 amide bonds. The van der Waals surface area contributed by atoms with Gasteiger partial charge in [0.1, 0.15) is 5.82 Å². The molecule has 5 nitrogen and oxygen atoms in total. The van der Waals surface area contributed by atoms with E-state index in [2.05, 4.69) is 27.8 Å². The Hall–Kier alpha value is -1.65. The molecule has 1 fully saturated rings. The summed E-state index contributed by atoms with van der Waals surface area (Å²) in [5.74, 6) is 1.25. The maximum absolute atomic E-state index is 11.5. The first-order chi connectivity index (χ1) is 8.70. The van der Waals surface area contributed by atoms with Crippen molar-refractivity contribution in [1.82, 2.24) is 15.5 Å². The molecule has 0 bridgehead atoms. The van der Waals surface area contributed by atoms with Crippen molar-refractivity contribution in [3.05, 3.63) is 17.8 Å². The van der Waals surface area contributed by atoms with Crippen LogP contribution in [0.4, 0.5) is 5.82 Å². The molecule has 0 aromatic carbocycles. The minimum atomic E-state index is -0.175. The largest absolute Gasteiger partial charge is 0.366 e. The fraction of sp³-hybridized carbons (Fsp3) is 0.615. The van der Waals surface area contributed by atoms with E-state index in [4.69, 9.17) is 0 Å². The predicted molar refractivity (Wildman–Crippen MR) is 70.5 cm³/mol. The zero-order chi connectivity index (χ0) is 13.0. The number of hydrogen-bond acceptors (Lipinski definition) is 4. The topological polar surface area (TPSA) is 66.9 Å². The number of rotatable bonds is 4. The molecule has 0 saturated heterocycles. The van der Waals surface area contributed by atoms with Gasteiger partial charge in [0, 0.05) is 12.6 Å². The maximum Gasteiger partial charge on any atom is 0.271 e. The van der Waals surface area contributed by atoms with Gasteiger partial charge in [0.2, 0.25) is 0 Å². The standard InChI is InChI=1S/C13H20N4O/c1-3-14-13(18)11-7-8-12(17-16-11)15-10-6-4-5-9(10)2/h7-10H,3-6H2,1-2H3,(H,14,18)(H,15,17). The fourth-order valence-corrected chi connectivity index (χ4v) is 2.33. The van der Waals surface area contributed by atoms with E-state index in [1.165, 1.54) is 19.3 Å². The van der Waals surface area contributed by atoms with Crippen LogP contribution in [0.2, 0.25) is 0 Å². The van der Waals surface area contributed by atoms with E-state index in [1.807, 2.05) is 13.0 Å². The molecule has 1 aliphatic carbocycles. The lowest BCUT2D eigenvalue weighted by Gasteiger charge is -2.17. The Morgan fingerprint density at radius 3 is 2.78 bits per heavy atom. The zero-order valence-electron chi connectivity index (χ0n) is 10.9. The summed E-state index contributed by atoms with van der Waals surface area (Å²) in [4.78, 5) is 11.5. The van der Waals surface area contributed by atoms with Crippen LogP contribution < -0.4 is 10.6 Å². The van der Waals surface area contributed by atoms with Crippen LogP contribution >= 0.6 is 0 Å². The van der Waals surface area contributed by atoms with Crippen molar-refractivity contribution in [3.8, 4) is 0 Å². The van der Waals surface area contributed by atoms with Crippen LogP contribution in [0, 0.1) is 5.92 Å². The number of aromatic nitrogens is 2. The molecule has 1 aromatic rings. The Balaban J connectivity index is 1.97. The normalized spacial score (nSPS) is 22.8. The van der Waals surface area contributed by atoms with E-state index < -0.39 is 0 Å². The number of nitrogens with one attached hydrogen (secondary N) is 2. The molecular formula is C13H20N4O. The molecule has 2 N–H and O–H groups in total. The third-order valence-corrected chi connectivity index (χ3v) is 3.43. The van der Waals surface area contributed by atoms with Crippen molar-refractivity contribution >= 4 is 11.7 Å². The van der Waals surface area contributed by atoms with Gasteiger partial charge in [0.05, 0.1) is 0 Å². The van der Waals surface area contributed by atoms with Crippen LogP contribution in [0.5, 0.6) is 0 Å². The summed E-state index contributed by atoms with van der Waals surface area (Å²) in [7, 11) is 0. The van der Waals surface area contributed by atoms with Crippen molar-refractivity contribution in [2.75, 3.05) is 11.9 Å². The highest BCUT2D eigenvalue weighted by Gasteiger charge is 2.23. The average Bonchev–Trinajstić information content (AvgIpc) is 2.76. The molecule has 1 saturated carbocycles. The third kappa shape index (κ3) is 2.97. The summed E-state index contributed by atoms with van der Waals surface area (Å²) in [5.41, 5.74) is 0.363. The molecule has 2 rings (SSSR count). The monoisotopic (exact) mass is 248 g/mol. The molecule has 2 atom stereocenters. The van der Waals surface area contributed by atoms with Crippen LogP contribution in [0.15, 0.2) is 12.1 Å². The van der Waals surface area contributed by atoms with Crippen molar-refractivity contribution in [2.45, 2.75) is 39.2 Å². The van der Waals surface area contributed by atoms with Gasteiger partial charge in [-0.25, -0.2) is 0 Å². The first-order valence-corrected chi connectivity index (χ1v) is 6.59. The highest BCUT2D eigenvalue weighted by Crippen LogP contribution is 2.27. The molecule has 1 aliphatic rings. The predicted octanol–water partition coefficient (Wildman–Crippen LogP) is 1.83. The van der Waals surface area contributed by atoms with Gasteiger partial charge < -0.3 is 10.6 Å². The van der Waals surface area contributed by atoms with Crippen LogP contribution in [0.25, 0.3) is 0 Å². The summed E-state index contributed by atoms with van der Waals surface area (Å²) in [6.45, 7) is 4.73. The summed E-state index contributed by atoms with van der Waals surface area (Å²) in [5, 5.41) is 14.1. The van der Waals surface area contributed by atoms with Gasteiger partial charge >= 0.3 is 0 Å². The molecule has 18 heavy (non-hydrogen) atoms. The lowest BCUT2D eigenvalue weighted by atomic mass is 10.1. The van der Waals surface area contributed by atoms with Gasteiger partial charge in [-0.1, -0.05) is 13.3 Å². The smallest absolute Gasteiger partial charge is 0.271 e. The summed E-state index contributed by atoms with van der Waals surface area (Å²) in [6, 6.07) is 4.01. The first kappa shape index (κ1) is 12.8. The van der Waals surface area contributed by atoms with Gasteiger partial charge in [-0.05, 0) is 37.8 Å². The number of anilines is 1. The van der Waals surface area contributed by atoms with Crippen molar-refractivity contribution in [2.24, 2.45) is 5.92 Å². The fourth-order valence-electron chi connectivity index (χ4n) is 2.33. The lowest BCUT2D eigenvalue weighted by molar-refractivity contribution is 0.0950. The van der Waals surface area contributed by atoms with E-state index in [0.717, 1.165) is 5.82 Å². The van der Waals surface area contributed by atoms with Gasteiger partial charge in [-0.2, -0.15) is 0 Å². The van der Waals surface area contributed by atoms with E-state index >= 15 is 0 Å². The second-order valence-electron chi connectivity index (χ2n) is 4.82. The summed E-state index contributed by atoms with van der Waals surface area (Å²) < 4.78 is 0. The van der Waals surface area contributed by atoms with E-state index in [1.54, 1.807) is 6.07 Å². The summed E-state index contributed by atoms with van der Waals surface area (Å²) in [6.07, 6.45) is 3.71. The molecular weight excluding hydrogens is 228 g/mol. The Bertz CT molecular complexity index is 404. The Morgan fingerprint density at radius 1 is 1.39 bits per heavy atom. The van der Waals surface area contributed by atoms with Gasteiger partial charge in [-0.15, -0.1) is 10.2 Å². The molecule has 0 spiro atoms. The average molecular weight is 248 g/mol. The molecule has 1 heterocycles. The second kappa shape index (κ2) is 5.80. The van der Waals surface area contributed by atoms with Gasteiger partial charge in [0.25, 0.3) is 5.91 Å². The van der Waals surface area contributed by atoms with Crippen LogP contribution in [-0.2, 0) is 0 Å². The van der Waals surface area contributed by atoms with Crippen molar-refractivity contribution in [1.29, 1.82) is 0 Å². The molecule has 1 aromatic heterocycles. The van der Waals surface area contributed by atoms with Gasteiger partial charge in [-0.3, -0.25) is 4.79 Å². The molecule has 0 radical (unpaired) electrons. The van der Waals surface area contributed by atoms with E-state index in [-0.39, 0.29) is 5.91 Å². The summed E-state index contributed by atoms with van der Waals surface area (Å²) >= 11 is 0. The number of carbonyl (C=O) groups excluding carboxylic acids is 1. The Kier molecular flexibility index (Phi) is 4.12. The van der Waals surface area contributed by atoms with Gasteiger partial charge in [0.15, 0.2) is 5.69 Å². The molecule has 2 unspecified atom stereocenters. The highest BCUT2D eigenvalue weighted by atomic mass is 16.1. The molecule has 98 valence electrons. The highest BCUT2D eigenvalue weighted by molar-refractivity contribution is 5.92. The first-order valence-electron chi connectivity index (χ1n) is 6.59. The Labute approximate surface area is 107 Å². The van der Waals surface area contributed by atoms with Crippen LogP contribution in [-0.4, -0.2) is 28.7 Å². The SMILES string of the molecule is CCNC(=O)c1ccc(NC2CCCC2C)nn1. The number of nitrogens with zero attached hydrogens (tertiary/aromatic N) is 2. The minimum Gasteiger partial charge on any atom is -0.366 e. The number of amides is 1.